The second-order valence-corrected chi connectivity index (χ2v) is 11.6. The van der Waals surface area contributed by atoms with E-state index in [0.29, 0.717) is 5.69 Å². The highest BCUT2D eigenvalue weighted by Gasteiger charge is 2.17. The number of anilines is 1. The molecule has 0 saturated heterocycles. The molecule has 35 heavy (non-hydrogen) atoms. The van der Waals surface area contributed by atoms with Crippen LogP contribution >= 0.6 is 7.92 Å². The molecule has 176 valence electrons. The summed E-state index contributed by atoms with van der Waals surface area (Å²) in [4.78, 5) is 21.8. The first-order chi connectivity index (χ1) is 16.9. The minimum Gasteiger partial charge on any atom is -0.353 e. The molecule has 2 heterocycles. The number of aromatic nitrogens is 2. The number of carbonyl (C=O) groups is 1. The lowest BCUT2D eigenvalue weighted by Crippen LogP contribution is -2.16. The fraction of sp³-hybridized carbons (Fsp3) is 0.200. The van der Waals surface area contributed by atoms with E-state index < -0.39 is 0 Å². The van der Waals surface area contributed by atoms with Crippen molar-refractivity contribution in [3.8, 4) is 0 Å². The summed E-state index contributed by atoms with van der Waals surface area (Å²) >= 11 is 0. The maximum absolute atomic E-state index is 13.4. The Hall–Kier alpha value is -3.49. The van der Waals surface area contributed by atoms with Gasteiger partial charge in [0.1, 0.15) is 5.69 Å². The number of rotatable bonds is 6. The zero-order chi connectivity index (χ0) is 24.5. The van der Waals surface area contributed by atoms with E-state index in [1.54, 1.807) is 0 Å². The number of benzene rings is 3. The zero-order valence-corrected chi connectivity index (χ0v) is 21.5. The molecule has 0 spiro atoms. The molecule has 1 amide bonds. The van der Waals surface area contributed by atoms with Gasteiger partial charge in [-0.2, -0.15) is 0 Å². The maximum Gasteiger partial charge on any atom is 0.274 e. The van der Waals surface area contributed by atoms with Crippen LogP contribution in [0, 0.1) is 13.8 Å². The Labute approximate surface area is 207 Å². The Morgan fingerprint density at radius 2 is 1.60 bits per heavy atom. The van der Waals surface area contributed by atoms with Crippen LogP contribution in [-0.4, -0.2) is 29.2 Å². The fourth-order valence-corrected chi connectivity index (χ4v) is 5.37. The molecule has 5 rings (SSSR count). The molecule has 0 saturated carbocycles. The van der Waals surface area contributed by atoms with Gasteiger partial charge in [0, 0.05) is 22.0 Å². The van der Waals surface area contributed by atoms with Crippen molar-refractivity contribution >= 4 is 46.6 Å². The summed E-state index contributed by atoms with van der Waals surface area (Å²) in [5, 5.41) is 6.66. The third-order valence-electron chi connectivity index (χ3n) is 6.63. The number of hydrogen-bond acceptors (Lipinski definition) is 2. The van der Waals surface area contributed by atoms with Crippen molar-refractivity contribution in [3.05, 3.63) is 101 Å². The van der Waals surface area contributed by atoms with Crippen molar-refractivity contribution in [3.63, 3.8) is 0 Å². The number of amides is 1. The molecular formula is C30H30N3OP. The summed E-state index contributed by atoms with van der Waals surface area (Å²) in [6.07, 6.45) is 1.62. The molecule has 0 aliphatic rings. The fourth-order valence-electron chi connectivity index (χ4n) is 4.62. The Morgan fingerprint density at radius 1 is 0.886 bits per heavy atom. The van der Waals surface area contributed by atoms with Gasteiger partial charge in [-0.1, -0.05) is 68.6 Å². The maximum atomic E-state index is 13.4. The van der Waals surface area contributed by atoms with Gasteiger partial charge in [-0.25, -0.2) is 4.98 Å². The van der Waals surface area contributed by atoms with Crippen molar-refractivity contribution in [1.82, 2.24) is 9.97 Å². The lowest BCUT2D eigenvalue weighted by molar-refractivity contribution is 0.102. The van der Waals surface area contributed by atoms with Gasteiger partial charge in [0.05, 0.1) is 11.2 Å². The predicted molar refractivity (Wildman–Crippen MR) is 150 cm³/mol. The van der Waals surface area contributed by atoms with E-state index in [1.807, 2.05) is 50.2 Å². The number of aromatic amines is 1. The highest BCUT2D eigenvalue weighted by molar-refractivity contribution is 7.64. The lowest BCUT2D eigenvalue weighted by Gasteiger charge is -2.12. The SMILES string of the molecule is Cc1cccc(C)c1NC(=O)c1cc2c([nH]c3ccccc32)c(CCc2ccc(P(C)C)cc2)n1. The summed E-state index contributed by atoms with van der Waals surface area (Å²) in [5.41, 5.74) is 7.64. The predicted octanol–water partition coefficient (Wildman–Crippen LogP) is 6.74. The second-order valence-electron chi connectivity index (χ2n) is 9.33. The number of carbonyl (C=O) groups excluding carboxylic acids is 1. The number of nitrogens with one attached hydrogen (secondary N) is 2. The average Bonchev–Trinajstić information content (AvgIpc) is 3.24. The molecular weight excluding hydrogens is 449 g/mol. The summed E-state index contributed by atoms with van der Waals surface area (Å²) in [7, 11) is -0.0961. The molecule has 0 unspecified atom stereocenters. The van der Waals surface area contributed by atoms with Crippen molar-refractivity contribution in [2.75, 3.05) is 18.6 Å². The van der Waals surface area contributed by atoms with Gasteiger partial charge in [-0.3, -0.25) is 4.79 Å². The van der Waals surface area contributed by atoms with Gasteiger partial charge >= 0.3 is 0 Å². The third-order valence-corrected chi connectivity index (χ3v) is 7.96. The van der Waals surface area contributed by atoms with Crippen LogP contribution in [-0.2, 0) is 12.8 Å². The first kappa shape index (κ1) is 23.3. The standard InChI is InChI=1S/C30H30N3OP/c1-19-8-7-9-20(2)28(19)33-30(34)27-18-24-23-10-5-6-11-25(23)32-29(24)26(31-27)17-14-21-12-15-22(16-13-21)35(3)4/h5-13,15-16,18,32H,14,17H2,1-4H3,(H,33,34). The van der Waals surface area contributed by atoms with E-state index in [-0.39, 0.29) is 13.8 Å². The van der Waals surface area contributed by atoms with Gasteiger partial charge in [0.15, 0.2) is 0 Å². The summed E-state index contributed by atoms with van der Waals surface area (Å²) in [6.45, 7) is 8.57. The zero-order valence-electron chi connectivity index (χ0n) is 20.6. The minimum atomic E-state index is -0.181. The van der Waals surface area contributed by atoms with Crippen LogP contribution in [0.4, 0.5) is 5.69 Å². The van der Waals surface area contributed by atoms with E-state index in [2.05, 4.69) is 60.0 Å². The monoisotopic (exact) mass is 479 g/mol. The number of aryl methyl sites for hydroxylation is 4. The van der Waals surface area contributed by atoms with E-state index >= 15 is 0 Å². The minimum absolute atomic E-state index is 0.0961. The Morgan fingerprint density at radius 3 is 2.31 bits per heavy atom. The highest BCUT2D eigenvalue weighted by atomic mass is 31.1. The molecule has 2 aromatic heterocycles. The normalized spacial score (nSPS) is 11.5. The van der Waals surface area contributed by atoms with Crippen molar-refractivity contribution in [2.24, 2.45) is 0 Å². The smallest absolute Gasteiger partial charge is 0.274 e. The van der Waals surface area contributed by atoms with Crippen LogP contribution in [0.5, 0.6) is 0 Å². The molecule has 0 atom stereocenters. The highest BCUT2D eigenvalue weighted by Crippen LogP contribution is 2.29. The van der Waals surface area contributed by atoms with Crippen molar-refractivity contribution in [1.29, 1.82) is 0 Å². The number of H-pyrrole nitrogens is 1. The number of hydrogen-bond donors (Lipinski definition) is 2. The number of nitrogens with zero attached hydrogens (tertiary/aromatic N) is 1. The molecule has 5 heteroatoms. The van der Waals surface area contributed by atoms with Crippen LogP contribution in [0.1, 0.15) is 32.9 Å². The van der Waals surface area contributed by atoms with Gasteiger partial charge in [0.2, 0.25) is 0 Å². The van der Waals surface area contributed by atoms with Gasteiger partial charge < -0.3 is 10.3 Å². The van der Waals surface area contributed by atoms with Gasteiger partial charge in [0.25, 0.3) is 5.91 Å². The molecule has 2 N–H and O–H groups in total. The van der Waals surface area contributed by atoms with Crippen molar-refractivity contribution < 1.29 is 4.79 Å². The molecule has 0 aliphatic heterocycles. The van der Waals surface area contributed by atoms with E-state index in [9.17, 15) is 4.79 Å². The quantitative estimate of drug-likeness (QED) is 0.265. The molecule has 3 aromatic carbocycles. The molecule has 5 aromatic rings. The number of para-hydroxylation sites is 2. The van der Waals surface area contributed by atoms with Gasteiger partial charge in [-0.15, -0.1) is 0 Å². The molecule has 0 aliphatic carbocycles. The van der Waals surface area contributed by atoms with E-state index in [1.165, 1.54) is 10.9 Å². The average molecular weight is 480 g/mol. The molecule has 0 bridgehead atoms. The third kappa shape index (κ3) is 4.72. The topological polar surface area (TPSA) is 57.8 Å². The van der Waals surface area contributed by atoms with Crippen LogP contribution < -0.4 is 10.6 Å². The first-order valence-electron chi connectivity index (χ1n) is 11.9. The Kier molecular flexibility index (Phi) is 6.40. The largest absolute Gasteiger partial charge is 0.353 e. The lowest BCUT2D eigenvalue weighted by atomic mass is 10.0. The van der Waals surface area contributed by atoms with Crippen molar-refractivity contribution in [2.45, 2.75) is 26.7 Å². The van der Waals surface area contributed by atoms with Crippen LogP contribution in [0.2, 0.25) is 0 Å². The van der Waals surface area contributed by atoms with Crippen LogP contribution in [0.15, 0.2) is 72.8 Å². The van der Waals surface area contributed by atoms with Crippen LogP contribution in [0.25, 0.3) is 21.8 Å². The van der Waals surface area contributed by atoms with E-state index in [0.717, 1.165) is 57.2 Å². The van der Waals surface area contributed by atoms with E-state index in [4.69, 9.17) is 4.98 Å². The Bertz CT molecular complexity index is 1510. The summed E-state index contributed by atoms with van der Waals surface area (Å²) < 4.78 is 0. The number of fused-ring (bicyclic) bond motifs is 3. The second kappa shape index (κ2) is 9.64. The molecule has 0 fully saturated rings. The molecule has 4 nitrogen and oxygen atoms in total. The molecule has 0 radical (unpaired) electrons. The first-order valence-corrected chi connectivity index (χ1v) is 14.2. The number of pyridine rings is 1. The summed E-state index contributed by atoms with van der Waals surface area (Å²) in [5.74, 6) is -0.181. The Balaban J connectivity index is 1.52. The summed E-state index contributed by atoms with van der Waals surface area (Å²) in [6, 6.07) is 25.1. The van der Waals surface area contributed by atoms with Crippen LogP contribution in [0.3, 0.4) is 0 Å². The van der Waals surface area contributed by atoms with Gasteiger partial charge in [-0.05, 0) is 74.1 Å².